The average Bonchev–Trinajstić information content (AvgIpc) is 3.40. The first-order chi connectivity index (χ1) is 12.4. The summed E-state index contributed by atoms with van der Waals surface area (Å²) in [5.74, 6) is -2.62. The Bertz CT molecular complexity index is 708. The zero-order valence-corrected chi connectivity index (χ0v) is 14.2. The SMILES string of the molecule is COC(=O)[C@@H]1C2C=C[C@@H](C2)C1C(=O)O.O=C1OC(=O)[C@@H]2C3C=C[C@@H](C3)C12. The quantitative estimate of drug-likeness (QED) is 0.448. The van der Waals surface area contributed by atoms with E-state index in [4.69, 9.17) is 5.11 Å². The number of carboxylic acids is 1. The van der Waals surface area contributed by atoms with E-state index in [1.165, 1.54) is 7.11 Å². The Morgan fingerprint density at radius 1 is 0.923 bits per heavy atom. The summed E-state index contributed by atoms with van der Waals surface area (Å²) in [4.78, 5) is 44.7. The highest BCUT2D eigenvalue weighted by Gasteiger charge is 2.58. The molecule has 4 aliphatic carbocycles. The molecule has 1 N–H and O–H groups in total. The third-order valence-electron chi connectivity index (χ3n) is 6.42. The number of allylic oxidation sites excluding steroid dienone is 4. The number of carbonyl (C=O) groups is 4. The van der Waals surface area contributed by atoms with Crippen LogP contribution in [0.5, 0.6) is 0 Å². The molecule has 0 aromatic rings. The number of esters is 3. The van der Waals surface area contributed by atoms with Crippen molar-refractivity contribution in [2.45, 2.75) is 12.8 Å². The maximum absolute atomic E-state index is 11.4. The van der Waals surface area contributed by atoms with Crippen molar-refractivity contribution in [2.24, 2.45) is 47.3 Å². The van der Waals surface area contributed by atoms with Gasteiger partial charge in [-0.05, 0) is 36.5 Å². The first-order valence-electron chi connectivity index (χ1n) is 8.85. The van der Waals surface area contributed by atoms with Crippen LogP contribution in [-0.4, -0.2) is 36.1 Å². The van der Waals surface area contributed by atoms with Gasteiger partial charge in [-0.3, -0.25) is 19.2 Å². The lowest BCUT2D eigenvalue weighted by Crippen LogP contribution is -2.33. The van der Waals surface area contributed by atoms with Gasteiger partial charge in [-0.1, -0.05) is 24.3 Å². The van der Waals surface area contributed by atoms with Crippen LogP contribution in [0, 0.1) is 47.3 Å². The second-order valence-electron chi connectivity index (χ2n) is 7.60. The number of rotatable bonds is 2. The van der Waals surface area contributed by atoms with Gasteiger partial charge in [-0.2, -0.15) is 0 Å². The van der Waals surface area contributed by atoms with Gasteiger partial charge in [-0.15, -0.1) is 0 Å². The molecule has 2 saturated carbocycles. The molecule has 0 aromatic carbocycles. The lowest BCUT2D eigenvalue weighted by molar-refractivity contribution is -0.156. The van der Waals surface area contributed by atoms with Crippen molar-refractivity contribution >= 4 is 23.9 Å². The van der Waals surface area contributed by atoms with Crippen LogP contribution in [0.25, 0.3) is 0 Å². The van der Waals surface area contributed by atoms with Gasteiger partial charge < -0.3 is 14.6 Å². The van der Waals surface area contributed by atoms with Gasteiger partial charge in [0.25, 0.3) is 0 Å². The van der Waals surface area contributed by atoms with Crippen molar-refractivity contribution in [3.63, 3.8) is 0 Å². The Morgan fingerprint density at radius 3 is 1.88 bits per heavy atom. The van der Waals surface area contributed by atoms with Gasteiger partial charge in [0.15, 0.2) is 0 Å². The molecule has 3 fully saturated rings. The van der Waals surface area contributed by atoms with Crippen LogP contribution in [0.4, 0.5) is 0 Å². The number of cyclic esters (lactones) is 2. The number of aliphatic carboxylic acids is 1. The normalized spacial score (nSPS) is 43.1. The highest BCUT2D eigenvalue weighted by molar-refractivity contribution is 5.98. The van der Waals surface area contributed by atoms with E-state index >= 15 is 0 Å². The van der Waals surface area contributed by atoms with E-state index in [0.29, 0.717) is 0 Å². The molecule has 0 radical (unpaired) electrons. The van der Waals surface area contributed by atoms with Crippen LogP contribution in [0.1, 0.15) is 12.8 Å². The Balaban J connectivity index is 0.000000130. The van der Waals surface area contributed by atoms with Crippen molar-refractivity contribution in [1.82, 2.24) is 0 Å². The van der Waals surface area contributed by atoms with Crippen LogP contribution in [-0.2, 0) is 28.7 Å². The third kappa shape index (κ3) is 2.40. The molecule has 1 heterocycles. The van der Waals surface area contributed by atoms with Crippen LogP contribution in [0.2, 0.25) is 0 Å². The fourth-order valence-electron chi connectivity index (χ4n) is 5.32. The van der Waals surface area contributed by atoms with Gasteiger partial charge in [0.2, 0.25) is 0 Å². The van der Waals surface area contributed by atoms with E-state index in [2.05, 4.69) is 9.47 Å². The lowest BCUT2D eigenvalue weighted by atomic mass is 9.83. The maximum Gasteiger partial charge on any atom is 0.318 e. The summed E-state index contributed by atoms with van der Waals surface area (Å²) in [5.41, 5.74) is 0. The minimum absolute atomic E-state index is 0.0154. The van der Waals surface area contributed by atoms with Crippen molar-refractivity contribution in [1.29, 1.82) is 0 Å². The summed E-state index contributed by atoms with van der Waals surface area (Å²) < 4.78 is 9.22. The number of hydrogen-bond donors (Lipinski definition) is 1. The molecule has 4 unspecified atom stereocenters. The van der Waals surface area contributed by atoms with Crippen LogP contribution >= 0.6 is 0 Å². The van der Waals surface area contributed by atoms with E-state index in [1.807, 2.05) is 24.3 Å². The van der Waals surface area contributed by atoms with Gasteiger partial charge in [0, 0.05) is 0 Å². The first kappa shape index (κ1) is 17.0. The lowest BCUT2D eigenvalue weighted by Gasteiger charge is -2.21. The molecule has 5 rings (SSSR count). The fourth-order valence-corrected chi connectivity index (χ4v) is 5.32. The monoisotopic (exact) mass is 360 g/mol. The first-order valence-corrected chi connectivity index (χ1v) is 8.85. The Labute approximate surface area is 150 Å². The second kappa shape index (κ2) is 6.07. The van der Waals surface area contributed by atoms with Crippen molar-refractivity contribution < 1.29 is 33.8 Å². The van der Waals surface area contributed by atoms with E-state index in [0.717, 1.165) is 12.8 Å². The van der Waals surface area contributed by atoms with Gasteiger partial charge >= 0.3 is 23.9 Å². The molecule has 1 aliphatic heterocycles. The average molecular weight is 360 g/mol. The topological polar surface area (TPSA) is 107 Å². The molecular weight excluding hydrogens is 340 g/mol. The number of fused-ring (bicyclic) bond motifs is 7. The highest BCUT2D eigenvalue weighted by Crippen LogP contribution is 2.51. The standard InChI is InChI=1S/C10H12O4.C9H8O3/c1-14-10(13)8-6-3-2-5(4-6)7(8)9(11)12;10-8-6-4-1-2-5(3-4)7(6)9(11)12-8/h2-3,5-8H,4H2,1H3,(H,11,12);1-2,4-7H,3H2/t5-,6?,7?,8+;4-,5?,6?,7+/m00/s1. The Hall–Kier alpha value is -2.44. The molecule has 5 aliphatic rings. The third-order valence-corrected chi connectivity index (χ3v) is 6.42. The largest absolute Gasteiger partial charge is 0.481 e. The van der Waals surface area contributed by atoms with Gasteiger partial charge in [0.05, 0.1) is 30.8 Å². The highest BCUT2D eigenvalue weighted by atomic mass is 16.6. The predicted octanol–water partition coefficient (Wildman–Crippen LogP) is 1.19. The van der Waals surface area contributed by atoms with E-state index in [-0.39, 0.29) is 47.4 Å². The maximum atomic E-state index is 11.4. The summed E-state index contributed by atoms with van der Waals surface area (Å²) in [7, 11) is 1.30. The molecule has 26 heavy (non-hydrogen) atoms. The molecule has 4 bridgehead atoms. The summed E-state index contributed by atoms with van der Waals surface area (Å²) in [6.45, 7) is 0. The second-order valence-corrected chi connectivity index (χ2v) is 7.60. The minimum Gasteiger partial charge on any atom is -0.481 e. The number of carboxylic acid groups (broad SMARTS) is 1. The smallest absolute Gasteiger partial charge is 0.318 e. The van der Waals surface area contributed by atoms with Gasteiger partial charge in [-0.25, -0.2) is 0 Å². The molecule has 7 nitrogen and oxygen atoms in total. The van der Waals surface area contributed by atoms with Crippen molar-refractivity contribution in [2.75, 3.05) is 7.11 Å². The van der Waals surface area contributed by atoms with Crippen LogP contribution in [0.3, 0.4) is 0 Å². The molecule has 138 valence electrons. The minimum atomic E-state index is -0.891. The Morgan fingerprint density at radius 2 is 1.38 bits per heavy atom. The van der Waals surface area contributed by atoms with Crippen LogP contribution < -0.4 is 0 Å². The van der Waals surface area contributed by atoms with E-state index in [9.17, 15) is 19.2 Å². The van der Waals surface area contributed by atoms with Gasteiger partial charge in [0.1, 0.15) is 0 Å². The summed E-state index contributed by atoms with van der Waals surface area (Å²) in [6.07, 6.45) is 9.68. The van der Waals surface area contributed by atoms with Crippen molar-refractivity contribution in [3.05, 3.63) is 24.3 Å². The molecule has 0 spiro atoms. The Kier molecular flexibility index (Phi) is 3.97. The molecular formula is C19H20O7. The van der Waals surface area contributed by atoms with E-state index < -0.39 is 23.8 Å². The number of ether oxygens (including phenoxy) is 2. The summed E-state index contributed by atoms with van der Waals surface area (Å²) in [6, 6.07) is 0. The van der Waals surface area contributed by atoms with E-state index in [1.54, 1.807) is 0 Å². The number of hydrogen-bond acceptors (Lipinski definition) is 6. The molecule has 0 amide bonds. The zero-order chi connectivity index (χ0) is 18.6. The molecule has 8 atom stereocenters. The van der Waals surface area contributed by atoms with Crippen molar-refractivity contribution in [3.8, 4) is 0 Å². The number of methoxy groups -OCH3 is 1. The summed E-state index contributed by atoms with van der Waals surface area (Å²) >= 11 is 0. The molecule has 7 heteroatoms. The molecule has 1 saturated heterocycles. The molecule has 0 aromatic heterocycles. The van der Waals surface area contributed by atoms with Crippen LogP contribution in [0.15, 0.2) is 24.3 Å². The number of carbonyl (C=O) groups excluding carboxylic acids is 3. The fraction of sp³-hybridized carbons (Fsp3) is 0.579. The zero-order valence-electron chi connectivity index (χ0n) is 14.2. The summed E-state index contributed by atoms with van der Waals surface area (Å²) in [5, 5.41) is 9.01. The predicted molar refractivity (Wildman–Crippen MR) is 86.2 cm³/mol.